The number of hydrogen-bond donors (Lipinski definition) is 4. The molecule has 1 aromatic carbocycles. The van der Waals surface area contributed by atoms with Crippen LogP contribution in [0.3, 0.4) is 0 Å². The normalized spacial score (nSPS) is 13.8. The fourth-order valence-corrected chi connectivity index (χ4v) is 3.71. The predicted molar refractivity (Wildman–Crippen MR) is 136 cm³/mol. The Kier molecular flexibility index (Phi) is 9.34. The molecule has 0 spiro atoms. The lowest BCUT2D eigenvalue weighted by molar-refractivity contribution is -0.274. The van der Waals surface area contributed by atoms with Crippen LogP contribution in [0, 0.1) is 6.92 Å². The monoisotopic (exact) mass is 577 g/mol. The van der Waals surface area contributed by atoms with Gasteiger partial charge in [0.1, 0.15) is 17.7 Å². The van der Waals surface area contributed by atoms with E-state index in [1.807, 2.05) is 19.1 Å². The van der Waals surface area contributed by atoms with Crippen LogP contribution in [0.4, 0.5) is 17.6 Å². The molecule has 16 heteroatoms. The van der Waals surface area contributed by atoms with Crippen LogP contribution in [-0.2, 0) is 24.3 Å². The Morgan fingerprint density at radius 3 is 2.76 bits per heavy atom. The maximum atomic E-state index is 14.6. The first-order valence-corrected chi connectivity index (χ1v) is 12.4. The molecule has 1 aliphatic rings. The number of hydrazine groups is 2. The van der Waals surface area contributed by atoms with Gasteiger partial charge in [0.15, 0.2) is 5.69 Å². The van der Waals surface area contributed by atoms with Crippen molar-refractivity contribution in [3.05, 3.63) is 83.3 Å². The number of hydrogen-bond acceptors (Lipinski definition) is 9. The van der Waals surface area contributed by atoms with Crippen LogP contribution in [0.2, 0.25) is 0 Å². The number of halogens is 4. The zero-order chi connectivity index (χ0) is 29.4. The second-order valence-corrected chi connectivity index (χ2v) is 9.10. The zero-order valence-electron chi connectivity index (χ0n) is 21.8. The van der Waals surface area contributed by atoms with Crippen LogP contribution < -0.4 is 26.3 Å². The molecule has 0 bridgehead atoms. The maximum Gasteiger partial charge on any atom is 0.573 e. The molecule has 4 rings (SSSR count). The fourth-order valence-electron chi connectivity index (χ4n) is 3.71. The van der Waals surface area contributed by atoms with E-state index in [1.165, 1.54) is 34.2 Å². The van der Waals surface area contributed by atoms with Gasteiger partial charge in [0.05, 0.1) is 25.4 Å². The number of pyridine rings is 1. The van der Waals surface area contributed by atoms with E-state index < -0.39 is 24.2 Å². The van der Waals surface area contributed by atoms with Gasteiger partial charge in [-0.3, -0.25) is 29.7 Å². The molecule has 41 heavy (non-hydrogen) atoms. The molecule has 2 aromatic heterocycles. The van der Waals surface area contributed by atoms with Crippen molar-refractivity contribution < 1.29 is 31.9 Å². The van der Waals surface area contributed by atoms with Gasteiger partial charge >= 0.3 is 6.36 Å². The van der Waals surface area contributed by atoms with E-state index in [1.54, 1.807) is 6.20 Å². The Morgan fingerprint density at radius 2 is 2.00 bits per heavy atom. The summed E-state index contributed by atoms with van der Waals surface area (Å²) in [4.78, 5) is 28.8. The van der Waals surface area contributed by atoms with E-state index in [0.717, 1.165) is 23.4 Å². The molecule has 0 aliphatic carbocycles. The second-order valence-electron chi connectivity index (χ2n) is 9.10. The smallest absolute Gasteiger partial charge is 0.406 e. The van der Waals surface area contributed by atoms with Crippen LogP contribution in [0.15, 0.2) is 60.8 Å². The van der Waals surface area contributed by atoms with Gasteiger partial charge in [0.2, 0.25) is 5.91 Å². The Labute approximate surface area is 231 Å². The minimum absolute atomic E-state index is 0.0294. The highest BCUT2D eigenvalue weighted by atomic mass is 19.4. The molecular weight excluding hydrogens is 550 g/mol. The minimum atomic E-state index is -4.82. The Morgan fingerprint density at radius 1 is 1.17 bits per heavy atom. The fraction of sp³-hybridized carbons (Fsp3) is 0.320. The molecule has 1 unspecified atom stereocenters. The lowest BCUT2D eigenvalue weighted by Gasteiger charge is -2.17. The molecule has 3 aromatic rings. The highest BCUT2D eigenvalue weighted by molar-refractivity contribution is 5.91. The molecular formula is C25H27F4N9O3. The minimum Gasteiger partial charge on any atom is -0.406 e. The summed E-state index contributed by atoms with van der Waals surface area (Å²) in [5, 5.41) is 14.3. The quantitative estimate of drug-likeness (QED) is 0.238. The summed E-state index contributed by atoms with van der Waals surface area (Å²) in [6.07, 6.45) is -1.40. The van der Waals surface area contributed by atoms with Gasteiger partial charge in [-0.1, -0.05) is 23.4 Å². The van der Waals surface area contributed by atoms with Crippen LogP contribution >= 0.6 is 0 Å². The van der Waals surface area contributed by atoms with Gasteiger partial charge < -0.3 is 15.4 Å². The maximum absolute atomic E-state index is 14.6. The third kappa shape index (κ3) is 9.45. The van der Waals surface area contributed by atoms with Gasteiger partial charge in [-0.05, 0) is 36.2 Å². The number of ether oxygens (including phenoxy) is 1. The summed E-state index contributed by atoms with van der Waals surface area (Å²) < 4.78 is 57.0. The predicted octanol–water partition coefficient (Wildman–Crippen LogP) is 2.02. The van der Waals surface area contributed by atoms with Crippen molar-refractivity contribution in [1.29, 1.82) is 0 Å². The lowest BCUT2D eigenvalue weighted by atomic mass is 10.2. The molecule has 3 heterocycles. The number of amides is 2. The van der Waals surface area contributed by atoms with Gasteiger partial charge in [-0.2, -0.15) is 0 Å². The Balaban J connectivity index is 1.18. The summed E-state index contributed by atoms with van der Waals surface area (Å²) in [5.74, 6) is -0.886. The summed E-state index contributed by atoms with van der Waals surface area (Å²) in [5.41, 5.74) is 7.48. The molecule has 0 saturated heterocycles. The number of nitrogens with one attached hydrogen (secondary N) is 4. The van der Waals surface area contributed by atoms with E-state index in [4.69, 9.17) is 0 Å². The molecule has 1 atom stereocenters. The molecule has 0 saturated carbocycles. The molecule has 2 amide bonds. The number of aromatic nitrogens is 4. The van der Waals surface area contributed by atoms with Crippen molar-refractivity contribution >= 4 is 11.8 Å². The van der Waals surface area contributed by atoms with Crippen molar-refractivity contribution in [3.8, 4) is 5.75 Å². The van der Waals surface area contributed by atoms with Gasteiger partial charge in [0.25, 0.3) is 5.91 Å². The van der Waals surface area contributed by atoms with Crippen LogP contribution in [0.5, 0.6) is 5.75 Å². The van der Waals surface area contributed by atoms with Crippen molar-refractivity contribution in [2.75, 3.05) is 6.54 Å². The van der Waals surface area contributed by atoms with Crippen molar-refractivity contribution in [2.45, 2.75) is 45.4 Å². The summed E-state index contributed by atoms with van der Waals surface area (Å²) in [6.45, 7) is 1.89. The van der Waals surface area contributed by atoms with Gasteiger partial charge in [-0.15, -0.1) is 23.8 Å². The van der Waals surface area contributed by atoms with Crippen molar-refractivity contribution in [2.24, 2.45) is 0 Å². The summed E-state index contributed by atoms with van der Waals surface area (Å²) in [6, 6.07) is 8.85. The molecule has 218 valence electrons. The topological polar surface area (TPSA) is 138 Å². The summed E-state index contributed by atoms with van der Waals surface area (Å²) in [7, 11) is 0. The average Bonchev–Trinajstić information content (AvgIpc) is 3.56. The van der Waals surface area contributed by atoms with E-state index in [-0.39, 0.29) is 44.1 Å². The number of rotatable bonds is 12. The van der Waals surface area contributed by atoms with Crippen LogP contribution in [0.1, 0.15) is 33.7 Å². The third-order valence-corrected chi connectivity index (χ3v) is 5.65. The molecule has 1 aliphatic heterocycles. The Hall–Kier alpha value is -4.73. The van der Waals surface area contributed by atoms with Crippen molar-refractivity contribution in [3.63, 3.8) is 0 Å². The van der Waals surface area contributed by atoms with Crippen LogP contribution in [0.25, 0.3) is 0 Å². The number of carbonyl (C=O) groups is 2. The number of aryl methyl sites for hydroxylation is 2. The standard InChI is InChI=1S/C25H27F4N9O3/c1-16-5-6-18(11-30-16)10-23(39)32-22-15-38(36-34-22)13-19(26)7-8-37-14-21(33-35-37)24(40)31-12-17-3-2-4-20(9-17)41-25(27,28)29/h2-6,9,11,14-15,19,34,36H,7-8,10,12-13H2,1H3,(H,31,40)(H,32,39). The average molecular weight is 578 g/mol. The molecule has 12 nitrogen and oxygen atoms in total. The lowest BCUT2D eigenvalue weighted by Crippen LogP contribution is -2.41. The Bertz CT molecular complexity index is 1380. The van der Waals surface area contributed by atoms with Crippen LogP contribution in [-0.4, -0.2) is 55.9 Å². The third-order valence-electron chi connectivity index (χ3n) is 5.65. The van der Waals surface area contributed by atoms with Gasteiger partial charge in [0, 0.05) is 31.4 Å². The van der Waals surface area contributed by atoms with Gasteiger partial charge in [-0.25, -0.2) is 4.39 Å². The number of benzene rings is 1. The zero-order valence-corrected chi connectivity index (χ0v) is 21.8. The highest BCUT2D eigenvalue weighted by Crippen LogP contribution is 2.23. The number of carbonyl (C=O) groups excluding carboxylic acids is 2. The largest absolute Gasteiger partial charge is 0.573 e. The SMILES string of the molecule is Cc1ccc(CC(=O)NC2=CN(CC(F)CCn3cc(C(=O)NCc4cccc(OC(F)(F)F)c4)nn3)NN2)cn1. The highest BCUT2D eigenvalue weighted by Gasteiger charge is 2.31. The van der Waals surface area contributed by atoms with E-state index in [9.17, 15) is 27.2 Å². The van der Waals surface area contributed by atoms with E-state index in [0.29, 0.717) is 11.4 Å². The number of alkyl halides is 4. The van der Waals surface area contributed by atoms with Crippen molar-refractivity contribution in [1.82, 2.24) is 46.6 Å². The first-order chi connectivity index (χ1) is 19.5. The molecule has 0 fully saturated rings. The second kappa shape index (κ2) is 13.1. The van der Waals surface area contributed by atoms with E-state index >= 15 is 0 Å². The number of nitrogens with zero attached hydrogens (tertiary/aromatic N) is 5. The first-order valence-electron chi connectivity index (χ1n) is 12.4. The van der Waals surface area contributed by atoms with E-state index in [2.05, 4.69) is 41.6 Å². The summed E-state index contributed by atoms with van der Waals surface area (Å²) >= 11 is 0. The molecule has 4 N–H and O–H groups in total. The molecule has 0 radical (unpaired) electrons. The first kappa shape index (κ1) is 29.3.